The second kappa shape index (κ2) is 9.23. The van der Waals surface area contributed by atoms with Gasteiger partial charge in [-0.2, -0.15) is 0 Å². The van der Waals surface area contributed by atoms with Gasteiger partial charge in [-0.1, -0.05) is 36.5 Å². The van der Waals surface area contributed by atoms with Crippen molar-refractivity contribution in [3.8, 4) is 0 Å². The van der Waals surface area contributed by atoms with Crippen molar-refractivity contribution in [2.45, 2.75) is 26.7 Å². The maximum atomic E-state index is 6.09. The molecule has 0 amide bonds. The van der Waals surface area contributed by atoms with Gasteiger partial charge in [0.05, 0.1) is 16.7 Å². The molecule has 0 bridgehead atoms. The van der Waals surface area contributed by atoms with Gasteiger partial charge in [-0.05, 0) is 19.4 Å². The van der Waals surface area contributed by atoms with E-state index < -0.39 is 0 Å². The van der Waals surface area contributed by atoms with Gasteiger partial charge in [0.1, 0.15) is 11.6 Å². The molecular weight excluding hydrogens is 285 g/mol. The van der Waals surface area contributed by atoms with Crippen LogP contribution < -0.4 is 10.6 Å². The van der Waals surface area contributed by atoms with E-state index in [0.29, 0.717) is 34.8 Å². The topological polar surface area (TPSA) is 46.2 Å². The number of nitrogens with zero attached hydrogens (tertiary/aromatic N) is 1. The number of hydrogen-bond acceptors (Lipinski definition) is 4. The van der Waals surface area contributed by atoms with Crippen LogP contribution in [0.4, 0.5) is 11.6 Å². The predicted octanol–water partition coefficient (Wildman–Crippen LogP) is 4.05. The number of rotatable bonds is 9. The Labute approximate surface area is 124 Å². The molecule has 0 saturated carbocycles. The summed E-state index contributed by atoms with van der Waals surface area (Å²) in [6, 6.07) is 1.69. The first-order valence-corrected chi connectivity index (χ1v) is 7.36. The van der Waals surface area contributed by atoms with E-state index in [2.05, 4.69) is 22.5 Å². The smallest absolute Gasteiger partial charge is 0.147 e. The summed E-state index contributed by atoms with van der Waals surface area (Å²) in [5.74, 6) is 1.27. The summed E-state index contributed by atoms with van der Waals surface area (Å²) in [7, 11) is 0. The van der Waals surface area contributed by atoms with Crippen molar-refractivity contribution < 1.29 is 4.74 Å². The van der Waals surface area contributed by atoms with E-state index in [1.165, 1.54) is 0 Å². The average Bonchev–Trinajstić information content (AvgIpc) is 2.38. The first kappa shape index (κ1) is 16.3. The molecule has 0 aliphatic rings. The number of unbranched alkanes of at least 4 members (excludes halogenated alkanes) is 1. The Morgan fingerprint density at radius 2 is 1.79 bits per heavy atom. The summed E-state index contributed by atoms with van der Waals surface area (Å²) in [4.78, 5) is 4.35. The number of ether oxygens (including phenoxy) is 1. The van der Waals surface area contributed by atoms with Crippen molar-refractivity contribution in [3.63, 3.8) is 0 Å². The minimum Gasteiger partial charge on any atom is -0.380 e. The molecule has 4 nitrogen and oxygen atoms in total. The number of nitrogens with one attached hydrogen (secondary N) is 2. The molecule has 2 N–H and O–H groups in total. The van der Waals surface area contributed by atoms with E-state index in [4.69, 9.17) is 27.9 Å². The summed E-state index contributed by atoms with van der Waals surface area (Å²) < 4.78 is 5.46. The highest BCUT2D eigenvalue weighted by Crippen LogP contribution is 2.28. The number of pyridine rings is 1. The van der Waals surface area contributed by atoms with Crippen LogP contribution in [0.5, 0.6) is 0 Å². The van der Waals surface area contributed by atoms with Gasteiger partial charge in [-0.25, -0.2) is 4.98 Å². The summed E-state index contributed by atoms with van der Waals surface area (Å²) in [5.41, 5.74) is 0. The van der Waals surface area contributed by atoms with E-state index in [0.717, 1.165) is 26.0 Å². The largest absolute Gasteiger partial charge is 0.380 e. The Balaban J connectivity index is 2.46. The van der Waals surface area contributed by atoms with Crippen molar-refractivity contribution >= 4 is 34.8 Å². The fraction of sp³-hybridized carbons (Fsp3) is 0.615. The molecule has 19 heavy (non-hydrogen) atoms. The zero-order valence-electron chi connectivity index (χ0n) is 11.4. The van der Waals surface area contributed by atoms with Crippen LogP contribution in [0.3, 0.4) is 0 Å². The van der Waals surface area contributed by atoms with Crippen molar-refractivity contribution in [2.75, 3.05) is 36.9 Å². The summed E-state index contributed by atoms with van der Waals surface area (Å²) in [5, 5.41) is 7.28. The molecule has 108 valence electrons. The predicted molar refractivity (Wildman–Crippen MR) is 82.6 cm³/mol. The highest BCUT2D eigenvalue weighted by Gasteiger charge is 2.08. The fourth-order valence-electron chi connectivity index (χ4n) is 1.47. The number of aromatic nitrogens is 1. The lowest BCUT2D eigenvalue weighted by Crippen LogP contribution is -2.12. The van der Waals surface area contributed by atoms with E-state index in [-0.39, 0.29) is 0 Å². The highest BCUT2D eigenvalue weighted by atomic mass is 35.5. The molecule has 1 aromatic rings. The van der Waals surface area contributed by atoms with Crippen molar-refractivity contribution in [2.24, 2.45) is 0 Å². The van der Waals surface area contributed by atoms with E-state index in [1.807, 2.05) is 6.92 Å². The Hall–Kier alpha value is -0.710. The lowest BCUT2D eigenvalue weighted by molar-refractivity contribution is 0.141. The maximum Gasteiger partial charge on any atom is 0.147 e. The van der Waals surface area contributed by atoms with Gasteiger partial charge < -0.3 is 15.4 Å². The molecule has 0 radical (unpaired) electrons. The SMILES string of the molecule is CCCCOCCNc1nc(NCC)c(Cl)cc1Cl. The molecule has 1 heterocycles. The molecule has 6 heteroatoms. The van der Waals surface area contributed by atoms with Crippen LogP contribution in [-0.2, 0) is 4.74 Å². The normalized spacial score (nSPS) is 10.5. The Morgan fingerprint density at radius 1 is 1.11 bits per heavy atom. The van der Waals surface area contributed by atoms with E-state index in [9.17, 15) is 0 Å². The Kier molecular flexibility index (Phi) is 7.94. The zero-order valence-corrected chi connectivity index (χ0v) is 12.9. The second-order valence-corrected chi connectivity index (χ2v) is 4.89. The summed E-state index contributed by atoms with van der Waals surface area (Å²) >= 11 is 12.1. The fourth-order valence-corrected chi connectivity index (χ4v) is 1.96. The molecule has 0 fully saturated rings. The quantitative estimate of drug-likeness (QED) is 0.676. The van der Waals surface area contributed by atoms with Crippen LogP contribution in [0.1, 0.15) is 26.7 Å². The monoisotopic (exact) mass is 305 g/mol. The number of hydrogen-bond donors (Lipinski definition) is 2. The Bertz CT molecular complexity index is 388. The minimum atomic E-state index is 0.514. The molecule has 0 aromatic carbocycles. The zero-order chi connectivity index (χ0) is 14.1. The van der Waals surface area contributed by atoms with Gasteiger partial charge in [0, 0.05) is 19.7 Å². The van der Waals surface area contributed by atoms with Gasteiger partial charge in [0.2, 0.25) is 0 Å². The van der Waals surface area contributed by atoms with Crippen LogP contribution in [0.2, 0.25) is 10.0 Å². The van der Waals surface area contributed by atoms with Gasteiger partial charge >= 0.3 is 0 Å². The second-order valence-electron chi connectivity index (χ2n) is 4.07. The molecule has 0 atom stereocenters. The standard InChI is InChI=1S/C13H21Cl2N3O/c1-3-5-7-19-8-6-17-13-11(15)9-10(14)12(18-13)16-4-2/h9H,3-8H2,1-2H3,(H2,16,17,18). The van der Waals surface area contributed by atoms with Gasteiger partial charge in [0.25, 0.3) is 0 Å². The van der Waals surface area contributed by atoms with Crippen LogP contribution in [0, 0.1) is 0 Å². The van der Waals surface area contributed by atoms with Crippen LogP contribution >= 0.6 is 23.2 Å². The first-order valence-electron chi connectivity index (χ1n) is 6.60. The minimum absolute atomic E-state index is 0.514. The molecule has 0 aliphatic carbocycles. The molecule has 1 rings (SSSR count). The number of anilines is 2. The van der Waals surface area contributed by atoms with Crippen LogP contribution in [0.25, 0.3) is 0 Å². The van der Waals surface area contributed by atoms with Gasteiger partial charge in [0.15, 0.2) is 0 Å². The lowest BCUT2D eigenvalue weighted by Gasteiger charge is -2.11. The Morgan fingerprint density at radius 3 is 2.42 bits per heavy atom. The van der Waals surface area contributed by atoms with Crippen molar-refractivity contribution in [3.05, 3.63) is 16.1 Å². The molecule has 0 spiro atoms. The lowest BCUT2D eigenvalue weighted by atomic mass is 10.4. The molecule has 0 saturated heterocycles. The molecule has 0 aliphatic heterocycles. The van der Waals surface area contributed by atoms with Crippen molar-refractivity contribution in [1.29, 1.82) is 0 Å². The van der Waals surface area contributed by atoms with Crippen molar-refractivity contribution in [1.82, 2.24) is 4.98 Å². The van der Waals surface area contributed by atoms with Gasteiger partial charge in [-0.15, -0.1) is 0 Å². The van der Waals surface area contributed by atoms with Crippen LogP contribution in [0.15, 0.2) is 6.07 Å². The first-order chi connectivity index (χ1) is 9.19. The number of halogens is 2. The third-order valence-corrected chi connectivity index (χ3v) is 3.03. The maximum absolute atomic E-state index is 6.09. The highest BCUT2D eigenvalue weighted by molar-refractivity contribution is 6.37. The molecule has 1 aromatic heterocycles. The summed E-state index contributed by atoms with van der Waals surface area (Å²) in [6.07, 6.45) is 2.23. The third-order valence-electron chi connectivity index (χ3n) is 2.45. The molecule has 0 unspecified atom stereocenters. The van der Waals surface area contributed by atoms with E-state index >= 15 is 0 Å². The van der Waals surface area contributed by atoms with Gasteiger partial charge in [-0.3, -0.25) is 0 Å². The molecular formula is C13H21Cl2N3O. The van der Waals surface area contributed by atoms with Crippen LogP contribution in [-0.4, -0.2) is 31.3 Å². The third kappa shape index (κ3) is 5.85. The summed E-state index contributed by atoms with van der Waals surface area (Å²) in [6.45, 7) is 6.99. The van der Waals surface area contributed by atoms with E-state index in [1.54, 1.807) is 6.07 Å². The average molecular weight is 306 g/mol.